The van der Waals surface area contributed by atoms with E-state index in [1.807, 2.05) is 32.9 Å². The molecule has 164 valence electrons. The van der Waals surface area contributed by atoms with Gasteiger partial charge in [0.05, 0.1) is 19.3 Å². The molecule has 0 N–H and O–H groups in total. The van der Waals surface area contributed by atoms with Crippen molar-refractivity contribution >= 4 is 17.6 Å². The number of carbonyl (C=O) groups excluding carboxylic acids is 2. The highest BCUT2D eigenvalue weighted by molar-refractivity contribution is 5.96. The third kappa shape index (κ3) is 5.75. The van der Waals surface area contributed by atoms with Crippen molar-refractivity contribution < 1.29 is 28.5 Å². The van der Waals surface area contributed by atoms with Crippen molar-refractivity contribution in [2.45, 2.75) is 58.3 Å². The molecule has 1 atom stereocenters. The lowest BCUT2D eigenvalue weighted by atomic mass is 9.94. The van der Waals surface area contributed by atoms with Gasteiger partial charge in [-0.2, -0.15) is 0 Å². The van der Waals surface area contributed by atoms with Crippen molar-refractivity contribution in [1.29, 1.82) is 0 Å². The lowest BCUT2D eigenvalue weighted by molar-refractivity contribution is -0.105. The third-order valence-corrected chi connectivity index (χ3v) is 5.01. The zero-order valence-electron chi connectivity index (χ0n) is 18.2. The summed E-state index contributed by atoms with van der Waals surface area (Å²) in [7, 11) is 1.37. The molecule has 0 aliphatic carbocycles. The van der Waals surface area contributed by atoms with E-state index < -0.39 is 11.6 Å². The van der Waals surface area contributed by atoms with Gasteiger partial charge in [-0.15, -0.1) is 0 Å². The van der Waals surface area contributed by atoms with Gasteiger partial charge in [-0.25, -0.2) is 9.59 Å². The predicted molar refractivity (Wildman–Crippen MR) is 112 cm³/mol. The number of ether oxygens (including phenoxy) is 4. The fourth-order valence-corrected chi connectivity index (χ4v) is 3.51. The molecule has 1 fully saturated rings. The number of nitrogens with zero attached hydrogens (tertiary/aromatic N) is 1. The zero-order chi connectivity index (χ0) is 21.7. The molecule has 3 rings (SSSR count). The summed E-state index contributed by atoms with van der Waals surface area (Å²) < 4.78 is 22.0. The molecule has 2 aliphatic heterocycles. The standard InChI is InChI=1S/C23H31NO6/c1-23(2,3)30-22(26)24-12-10-16(11-13-24)19-15-17(8-9-18(19)21(25)27-4)29-20-7-5-6-14-28-20/h8-10,15,20H,5-7,11-14H2,1-4H3. The van der Waals surface area contributed by atoms with Crippen LogP contribution in [-0.4, -0.2) is 55.7 Å². The Morgan fingerprint density at radius 3 is 2.60 bits per heavy atom. The van der Waals surface area contributed by atoms with Crippen LogP contribution in [0.1, 0.15) is 62.4 Å². The monoisotopic (exact) mass is 417 g/mol. The Kier molecular flexibility index (Phi) is 7.02. The fraction of sp³-hybridized carbons (Fsp3) is 0.565. The molecule has 0 radical (unpaired) electrons. The first-order valence-corrected chi connectivity index (χ1v) is 10.4. The topological polar surface area (TPSA) is 74.3 Å². The minimum absolute atomic E-state index is 0.265. The summed E-state index contributed by atoms with van der Waals surface area (Å²) in [6, 6.07) is 5.35. The van der Waals surface area contributed by atoms with E-state index in [0.29, 0.717) is 37.4 Å². The number of hydrogen-bond donors (Lipinski definition) is 0. The van der Waals surface area contributed by atoms with Gasteiger partial charge in [0.25, 0.3) is 0 Å². The van der Waals surface area contributed by atoms with Gasteiger partial charge < -0.3 is 23.8 Å². The Labute approximate surface area is 177 Å². The molecule has 1 saturated heterocycles. The van der Waals surface area contributed by atoms with Crippen LogP contribution in [0.2, 0.25) is 0 Å². The Balaban J connectivity index is 1.79. The molecule has 0 bridgehead atoms. The molecule has 0 aromatic heterocycles. The summed E-state index contributed by atoms with van der Waals surface area (Å²) in [5.41, 5.74) is 1.68. The average Bonchev–Trinajstić information content (AvgIpc) is 2.73. The first-order valence-electron chi connectivity index (χ1n) is 10.4. The Hall–Kier alpha value is -2.54. The van der Waals surface area contributed by atoms with Crippen molar-refractivity contribution in [3.05, 3.63) is 35.4 Å². The lowest BCUT2D eigenvalue weighted by Gasteiger charge is -2.30. The SMILES string of the molecule is COC(=O)c1ccc(OC2CCCCO2)cc1C1=CCN(C(=O)OC(C)(C)C)CC1. The number of benzene rings is 1. The number of esters is 1. The number of hydrogen-bond acceptors (Lipinski definition) is 6. The Morgan fingerprint density at radius 2 is 2.00 bits per heavy atom. The normalized spacial score (nSPS) is 19.7. The van der Waals surface area contributed by atoms with E-state index in [0.717, 1.165) is 30.4 Å². The van der Waals surface area contributed by atoms with Gasteiger partial charge >= 0.3 is 12.1 Å². The highest BCUT2D eigenvalue weighted by Gasteiger charge is 2.26. The number of amides is 1. The van der Waals surface area contributed by atoms with Crippen LogP contribution in [0.4, 0.5) is 4.79 Å². The maximum Gasteiger partial charge on any atom is 0.410 e. The van der Waals surface area contributed by atoms with E-state index in [-0.39, 0.29) is 12.4 Å². The van der Waals surface area contributed by atoms with E-state index in [2.05, 4.69) is 0 Å². The molecule has 1 amide bonds. The number of carbonyl (C=O) groups is 2. The van der Waals surface area contributed by atoms with Crippen LogP contribution in [-0.2, 0) is 14.2 Å². The molecule has 2 aliphatic rings. The first kappa shape index (κ1) is 22.2. The smallest absolute Gasteiger partial charge is 0.410 e. The Bertz CT molecular complexity index is 804. The predicted octanol–water partition coefficient (Wildman–Crippen LogP) is 4.40. The van der Waals surface area contributed by atoms with E-state index in [4.69, 9.17) is 18.9 Å². The molecule has 7 nitrogen and oxygen atoms in total. The quantitative estimate of drug-likeness (QED) is 0.676. The molecule has 30 heavy (non-hydrogen) atoms. The van der Waals surface area contributed by atoms with Gasteiger partial charge in [-0.3, -0.25) is 0 Å². The van der Waals surface area contributed by atoms with Crippen LogP contribution >= 0.6 is 0 Å². The second kappa shape index (κ2) is 9.51. The van der Waals surface area contributed by atoms with E-state index >= 15 is 0 Å². The van der Waals surface area contributed by atoms with Crippen LogP contribution in [0, 0.1) is 0 Å². The molecule has 0 spiro atoms. The minimum Gasteiger partial charge on any atom is -0.465 e. The second-order valence-electron chi connectivity index (χ2n) is 8.52. The molecule has 2 heterocycles. The van der Waals surface area contributed by atoms with Crippen LogP contribution in [0.15, 0.2) is 24.3 Å². The van der Waals surface area contributed by atoms with Crippen LogP contribution < -0.4 is 4.74 Å². The molecular weight excluding hydrogens is 386 g/mol. The van der Waals surface area contributed by atoms with Gasteiger partial charge in [0.1, 0.15) is 11.4 Å². The maximum atomic E-state index is 12.3. The number of rotatable bonds is 4. The summed E-state index contributed by atoms with van der Waals surface area (Å²) in [5, 5.41) is 0. The van der Waals surface area contributed by atoms with E-state index in [9.17, 15) is 9.59 Å². The third-order valence-electron chi connectivity index (χ3n) is 5.01. The maximum absolute atomic E-state index is 12.3. The fourth-order valence-electron chi connectivity index (χ4n) is 3.51. The summed E-state index contributed by atoms with van der Waals surface area (Å²) in [5.74, 6) is 0.251. The molecule has 0 saturated carbocycles. The second-order valence-corrected chi connectivity index (χ2v) is 8.52. The van der Waals surface area contributed by atoms with Gasteiger partial charge in [0.2, 0.25) is 0 Å². The Morgan fingerprint density at radius 1 is 1.20 bits per heavy atom. The van der Waals surface area contributed by atoms with Crippen molar-refractivity contribution in [2.75, 3.05) is 26.8 Å². The molecule has 7 heteroatoms. The summed E-state index contributed by atoms with van der Waals surface area (Å²) in [6.45, 7) is 7.17. The van der Waals surface area contributed by atoms with Crippen LogP contribution in [0.3, 0.4) is 0 Å². The van der Waals surface area contributed by atoms with E-state index in [1.165, 1.54) is 7.11 Å². The summed E-state index contributed by atoms with van der Waals surface area (Å²) in [6.07, 6.45) is 4.93. The van der Waals surface area contributed by atoms with Crippen LogP contribution in [0.5, 0.6) is 5.75 Å². The molecular formula is C23H31NO6. The van der Waals surface area contributed by atoms with Gasteiger partial charge in [0.15, 0.2) is 6.29 Å². The average molecular weight is 418 g/mol. The highest BCUT2D eigenvalue weighted by atomic mass is 16.7. The van der Waals surface area contributed by atoms with Gasteiger partial charge in [-0.1, -0.05) is 6.08 Å². The van der Waals surface area contributed by atoms with Crippen molar-refractivity contribution in [2.24, 2.45) is 0 Å². The highest BCUT2D eigenvalue weighted by Crippen LogP contribution is 2.31. The summed E-state index contributed by atoms with van der Waals surface area (Å²) >= 11 is 0. The molecule has 1 aromatic rings. The van der Waals surface area contributed by atoms with Gasteiger partial charge in [0, 0.05) is 19.5 Å². The van der Waals surface area contributed by atoms with Gasteiger partial charge in [-0.05, 0) is 69.4 Å². The molecule has 1 aromatic carbocycles. The van der Waals surface area contributed by atoms with Crippen LogP contribution in [0.25, 0.3) is 5.57 Å². The number of methoxy groups -OCH3 is 1. The minimum atomic E-state index is -0.536. The lowest BCUT2D eigenvalue weighted by Crippen LogP contribution is -2.39. The largest absolute Gasteiger partial charge is 0.465 e. The zero-order valence-corrected chi connectivity index (χ0v) is 18.2. The van der Waals surface area contributed by atoms with E-state index in [1.54, 1.807) is 17.0 Å². The first-order chi connectivity index (χ1) is 14.3. The van der Waals surface area contributed by atoms with Crippen molar-refractivity contribution in [3.8, 4) is 5.75 Å². The molecule has 1 unspecified atom stereocenters. The van der Waals surface area contributed by atoms with Crippen molar-refractivity contribution in [3.63, 3.8) is 0 Å². The summed E-state index contributed by atoms with van der Waals surface area (Å²) in [4.78, 5) is 26.3. The van der Waals surface area contributed by atoms with Crippen molar-refractivity contribution in [1.82, 2.24) is 4.90 Å².